The van der Waals surface area contributed by atoms with Gasteiger partial charge in [-0.15, -0.1) is 11.3 Å². The van der Waals surface area contributed by atoms with Crippen LogP contribution in [0.3, 0.4) is 0 Å². The molecule has 0 saturated carbocycles. The summed E-state index contributed by atoms with van der Waals surface area (Å²) in [4.78, 5) is 12.6. The van der Waals surface area contributed by atoms with Crippen molar-refractivity contribution in [2.24, 2.45) is 0 Å². The second-order valence-electron chi connectivity index (χ2n) is 4.67. The van der Waals surface area contributed by atoms with Crippen LogP contribution in [0.25, 0.3) is 10.2 Å². The summed E-state index contributed by atoms with van der Waals surface area (Å²) >= 11 is 1.67. The van der Waals surface area contributed by atoms with E-state index in [2.05, 4.69) is 59.4 Å². The number of rotatable bonds is 5. The Morgan fingerprint density at radius 1 is 1.39 bits per heavy atom. The lowest BCUT2D eigenvalue weighted by atomic mass is 10.3. The summed E-state index contributed by atoms with van der Waals surface area (Å²) in [6, 6.07) is 2.57. The highest BCUT2D eigenvalue weighted by Crippen LogP contribution is 2.25. The summed E-state index contributed by atoms with van der Waals surface area (Å²) in [7, 11) is 2.10. The van der Waals surface area contributed by atoms with Gasteiger partial charge < -0.3 is 5.32 Å². The molecule has 18 heavy (non-hydrogen) atoms. The van der Waals surface area contributed by atoms with Crippen LogP contribution < -0.4 is 5.32 Å². The Balaban J connectivity index is 2.33. The second-order valence-corrected chi connectivity index (χ2v) is 5.56. The summed E-state index contributed by atoms with van der Waals surface area (Å²) in [6.07, 6.45) is 0. The van der Waals surface area contributed by atoms with Gasteiger partial charge in [-0.2, -0.15) is 0 Å². The van der Waals surface area contributed by atoms with Crippen molar-refractivity contribution < 1.29 is 0 Å². The van der Waals surface area contributed by atoms with E-state index < -0.39 is 0 Å². The van der Waals surface area contributed by atoms with E-state index in [-0.39, 0.29) is 0 Å². The Hall–Kier alpha value is -1.20. The highest BCUT2D eigenvalue weighted by molar-refractivity contribution is 7.16. The predicted molar refractivity (Wildman–Crippen MR) is 78.2 cm³/mol. The molecule has 0 saturated heterocycles. The van der Waals surface area contributed by atoms with Gasteiger partial charge in [0.05, 0.1) is 11.9 Å². The topological polar surface area (TPSA) is 41.1 Å². The summed E-state index contributed by atoms with van der Waals surface area (Å²) in [6.45, 7) is 8.09. The van der Waals surface area contributed by atoms with Crippen molar-refractivity contribution in [2.75, 3.05) is 18.9 Å². The molecule has 0 aromatic carbocycles. The maximum atomic E-state index is 4.63. The molecule has 0 aliphatic rings. The van der Waals surface area contributed by atoms with Crippen LogP contribution in [-0.2, 0) is 6.54 Å². The molecule has 0 spiro atoms. The van der Waals surface area contributed by atoms with Gasteiger partial charge in [0.1, 0.15) is 16.5 Å². The van der Waals surface area contributed by atoms with Gasteiger partial charge in [0.25, 0.3) is 0 Å². The fourth-order valence-corrected chi connectivity index (χ4v) is 2.46. The number of aromatic nitrogens is 2. The zero-order valence-electron chi connectivity index (χ0n) is 11.4. The van der Waals surface area contributed by atoms with E-state index in [4.69, 9.17) is 0 Å². The Morgan fingerprint density at radius 3 is 2.83 bits per heavy atom. The number of fused-ring (bicyclic) bond motifs is 1. The number of nitrogens with one attached hydrogen (secondary N) is 1. The maximum absolute atomic E-state index is 4.63. The van der Waals surface area contributed by atoms with Crippen LogP contribution in [0.4, 0.5) is 5.82 Å². The minimum absolute atomic E-state index is 0.496. The predicted octanol–water partition coefficient (Wildman–Crippen LogP) is 2.96. The Bertz CT molecular complexity index is 521. The molecule has 0 bridgehead atoms. The van der Waals surface area contributed by atoms with E-state index in [1.165, 1.54) is 0 Å². The van der Waals surface area contributed by atoms with Gasteiger partial charge in [-0.05, 0) is 39.3 Å². The lowest BCUT2D eigenvalue weighted by Gasteiger charge is -2.20. The minimum Gasteiger partial charge on any atom is -0.370 e. The van der Waals surface area contributed by atoms with Crippen molar-refractivity contribution in [3.8, 4) is 0 Å². The number of nitrogens with zero attached hydrogens (tertiary/aromatic N) is 3. The van der Waals surface area contributed by atoms with Crippen molar-refractivity contribution in [1.29, 1.82) is 0 Å². The highest BCUT2D eigenvalue weighted by atomic mass is 32.1. The zero-order chi connectivity index (χ0) is 13.1. The molecule has 0 aliphatic heterocycles. The molecule has 0 fully saturated rings. The smallest absolute Gasteiger partial charge is 0.146 e. The second kappa shape index (κ2) is 5.63. The van der Waals surface area contributed by atoms with Crippen LogP contribution in [0.1, 0.15) is 26.6 Å². The van der Waals surface area contributed by atoms with Gasteiger partial charge in [-0.3, -0.25) is 4.90 Å². The van der Waals surface area contributed by atoms with Gasteiger partial charge in [0.15, 0.2) is 0 Å². The number of anilines is 1. The third-order valence-electron chi connectivity index (χ3n) is 2.99. The molecule has 2 heterocycles. The Labute approximate surface area is 112 Å². The van der Waals surface area contributed by atoms with Gasteiger partial charge in [0.2, 0.25) is 0 Å². The average molecular weight is 264 g/mol. The van der Waals surface area contributed by atoms with Crippen LogP contribution in [0, 0.1) is 0 Å². The lowest BCUT2D eigenvalue weighted by molar-refractivity contribution is 0.259. The summed E-state index contributed by atoms with van der Waals surface area (Å²) in [5.41, 5.74) is 0. The molecule has 98 valence electrons. The Morgan fingerprint density at radius 2 is 2.17 bits per heavy atom. The van der Waals surface area contributed by atoms with Crippen LogP contribution in [0.15, 0.2) is 11.4 Å². The number of thiophene rings is 1. The third-order valence-corrected chi connectivity index (χ3v) is 3.79. The van der Waals surface area contributed by atoms with Crippen LogP contribution in [0.2, 0.25) is 0 Å². The molecule has 5 heteroatoms. The quantitative estimate of drug-likeness (QED) is 0.901. The summed E-state index contributed by atoms with van der Waals surface area (Å²) in [5.74, 6) is 1.84. The molecule has 2 aromatic heterocycles. The van der Waals surface area contributed by atoms with Crippen molar-refractivity contribution in [3.63, 3.8) is 0 Å². The van der Waals surface area contributed by atoms with Gasteiger partial charge in [-0.1, -0.05) is 0 Å². The molecule has 0 unspecified atom stereocenters. The molecular weight excluding hydrogens is 244 g/mol. The van der Waals surface area contributed by atoms with E-state index in [9.17, 15) is 0 Å². The SMILES string of the molecule is CCNc1nc(CN(C)C(C)C)nc2sccc12. The van der Waals surface area contributed by atoms with Crippen molar-refractivity contribution >= 4 is 27.4 Å². The molecule has 2 rings (SSSR count). The lowest BCUT2D eigenvalue weighted by Crippen LogP contribution is -2.26. The van der Waals surface area contributed by atoms with Crippen molar-refractivity contribution in [2.45, 2.75) is 33.4 Å². The normalized spacial score (nSPS) is 11.7. The van der Waals surface area contributed by atoms with Crippen LogP contribution >= 0.6 is 11.3 Å². The molecule has 0 radical (unpaired) electrons. The molecule has 0 amide bonds. The van der Waals surface area contributed by atoms with Crippen LogP contribution in [0.5, 0.6) is 0 Å². The molecule has 2 aromatic rings. The molecule has 0 aliphatic carbocycles. The van der Waals surface area contributed by atoms with E-state index in [0.717, 1.165) is 34.9 Å². The molecule has 0 atom stereocenters. The number of hydrogen-bond donors (Lipinski definition) is 1. The van der Waals surface area contributed by atoms with Crippen LogP contribution in [-0.4, -0.2) is 34.5 Å². The summed E-state index contributed by atoms with van der Waals surface area (Å²) in [5, 5.41) is 6.51. The van der Waals surface area contributed by atoms with Gasteiger partial charge in [-0.25, -0.2) is 9.97 Å². The van der Waals surface area contributed by atoms with Crippen molar-refractivity contribution in [1.82, 2.24) is 14.9 Å². The Kier molecular flexibility index (Phi) is 4.14. The largest absolute Gasteiger partial charge is 0.370 e. The number of hydrogen-bond acceptors (Lipinski definition) is 5. The first-order valence-electron chi connectivity index (χ1n) is 6.30. The summed E-state index contributed by atoms with van der Waals surface area (Å²) < 4.78 is 0. The highest BCUT2D eigenvalue weighted by Gasteiger charge is 2.11. The van der Waals surface area contributed by atoms with Gasteiger partial charge >= 0.3 is 0 Å². The monoisotopic (exact) mass is 264 g/mol. The fourth-order valence-electron chi connectivity index (χ4n) is 1.68. The van der Waals surface area contributed by atoms with E-state index in [0.29, 0.717) is 6.04 Å². The fraction of sp³-hybridized carbons (Fsp3) is 0.538. The first kappa shape index (κ1) is 13.2. The van der Waals surface area contributed by atoms with Gasteiger partial charge in [0, 0.05) is 12.6 Å². The maximum Gasteiger partial charge on any atom is 0.146 e. The van der Waals surface area contributed by atoms with E-state index in [1.807, 2.05) is 0 Å². The average Bonchev–Trinajstić information content (AvgIpc) is 2.77. The molecular formula is C13H20N4S. The van der Waals surface area contributed by atoms with E-state index in [1.54, 1.807) is 11.3 Å². The third kappa shape index (κ3) is 2.79. The first-order chi connectivity index (χ1) is 8.61. The first-order valence-corrected chi connectivity index (χ1v) is 7.18. The molecule has 1 N–H and O–H groups in total. The van der Waals surface area contributed by atoms with E-state index >= 15 is 0 Å². The zero-order valence-corrected chi connectivity index (χ0v) is 12.2. The minimum atomic E-state index is 0.496. The standard InChI is InChI=1S/C13H20N4S/c1-5-14-12-10-6-7-18-13(10)16-11(15-12)8-17(4)9(2)3/h6-7,9H,5,8H2,1-4H3,(H,14,15,16). The van der Waals surface area contributed by atoms with Crippen molar-refractivity contribution in [3.05, 3.63) is 17.3 Å². The molecule has 4 nitrogen and oxygen atoms in total.